The zero-order valence-corrected chi connectivity index (χ0v) is 14.8. The Morgan fingerprint density at radius 3 is 2.60 bits per heavy atom. The summed E-state index contributed by atoms with van der Waals surface area (Å²) in [6.07, 6.45) is 3.95. The molecule has 3 heteroatoms. The molecule has 1 atom stereocenters. The van der Waals surface area contributed by atoms with E-state index >= 15 is 0 Å². The molecule has 1 aliphatic heterocycles. The van der Waals surface area contributed by atoms with Gasteiger partial charge in [-0.2, -0.15) is 0 Å². The zero-order valence-electron chi connectivity index (χ0n) is 14.8. The molecule has 0 spiro atoms. The minimum atomic E-state index is -0.398. The van der Waals surface area contributed by atoms with Crippen molar-refractivity contribution in [2.75, 3.05) is 19.6 Å². The number of benzene rings is 2. The van der Waals surface area contributed by atoms with Crippen LogP contribution in [0.1, 0.15) is 41.6 Å². The number of aliphatic hydroxyl groups excluding tert-OH is 1. The molecule has 1 fully saturated rings. The predicted octanol–water partition coefficient (Wildman–Crippen LogP) is 4.39. The highest BCUT2D eigenvalue weighted by Gasteiger charge is 2.23. The van der Waals surface area contributed by atoms with Crippen LogP contribution in [0.3, 0.4) is 0 Å². The SMILES string of the molecule is Cc1ccc(C(O)CN2CCC(c3cccc4[nH]ccc34)CC2)cc1. The van der Waals surface area contributed by atoms with Gasteiger partial charge in [0, 0.05) is 23.6 Å². The lowest BCUT2D eigenvalue weighted by Gasteiger charge is -2.33. The first-order chi connectivity index (χ1) is 12.2. The number of fused-ring (bicyclic) bond motifs is 1. The minimum Gasteiger partial charge on any atom is -0.387 e. The normalized spacial score (nSPS) is 17.8. The number of β-amino-alcohol motifs (C(OH)–C–C–N with tert-alkyl or cyclic N) is 1. The second-order valence-electron chi connectivity index (χ2n) is 7.29. The maximum Gasteiger partial charge on any atom is 0.0916 e. The number of aromatic nitrogens is 1. The van der Waals surface area contributed by atoms with Crippen molar-refractivity contribution in [1.29, 1.82) is 0 Å². The van der Waals surface area contributed by atoms with E-state index in [4.69, 9.17) is 0 Å². The lowest BCUT2D eigenvalue weighted by atomic mass is 9.87. The van der Waals surface area contributed by atoms with Crippen molar-refractivity contribution in [2.45, 2.75) is 31.8 Å². The summed E-state index contributed by atoms with van der Waals surface area (Å²) in [5.74, 6) is 0.618. The summed E-state index contributed by atoms with van der Waals surface area (Å²) >= 11 is 0. The number of H-pyrrole nitrogens is 1. The van der Waals surface area contributed by atoms with Crippen molar-refractivity contribution >= 4 is 10.9 Å². The predicted molar refractivity (Wildman–Crippen MR) is 103 cm³/mol. The van der Waals surface area contributed by atoms with Gasteiger partial charge in [-0.15, -0.1) is 0 Å². The third-order valence-electron chi connectivity index (χ3n) is 5.55. The highest BCUT2D eigenvalue weighted by atomic mass is 16.3. The summed E-state index contributed by atoms with van der Waals surface area (Å²) in [6, 6.07) is 17.0. The molecule has 0 aliphatic carbocycles. The van der Waals surface area contributed by atoms with Gasteiger partial charge < -0.3 is 15.0 Å². The Hall–Kier alpha value is -2.10. The van der Waals surface area contributed by atoms with Gasteiger partial charge in [-0.1, -0.05) is 42.0 Å². The van der Waals surface area contributed by atoms with E-state index < -0.39 is 6.10 Å². The van der Waals surface area contributed by atoms with Gasteiger partial charge in [-0.05, 0) is 62.0 Å². The first-order valence-electron chi connectivity index (χ1n) is 9.24. The average Bonchev–Trinajstić information content (AvgIpc) is 3.12. The molecule has 130 valence electrons. The third kappa shape index (κ3) is 3.48. The van der Waals surface area contributed by atoms with Crippen molar-refractivity contribution in [3.8, 4) is 0 Å². The molecule has 0 amide bonds. The minimum absolute atomic E-state index is 0.398. The number of likely N-dealkylation sites (tertiary alicyclic amines) is 1. The molecular weight excluding hydrogens is 308 g/mol. The fraction of sp³-hybridized carbons (Fsp3) is 0.364. The Balaban J connectivity index is 1.38. The first-order valence-corrected chi connectivity index (χ1v) is 9.24. The van der Waals surface area contributed by atoms with E-state index in [1.54, 1.807) is 0 Å². The summed E-state index contributed by atoms with van der Waals surface area (Å²) in [5.41, 5.74) is 4.95. The quantitative estimate of drug-likeness (QED) is 0.743. The molecule has 0 saturated carbocycles. The van der Waals surface area contributed by atoms with Crippen LogP contribution in [0, 0.1) is 6.92 Å². The van der Waals surface area contributed by atoms with Gasteiger partial charge in [0.05, 0.1) is 6.10 Å². The van der Waals surface area contributed by atoms with Crippen molar-refractivity contribution in [1.82, 2.24) is 9.88 Å². The average molecular weight is 334 g/mol. The van der Waals surface area contributed by atoms with Crippen molar-refractivity contribution in [2.24, 2.45) is 0 Å². The lowest BCUT2D eigenvalue weighted by molar-refractivity contribution is 0.0973. The lowest BCUT2D eigenvalue weighted by Crippen LogP contribution is -2.36. The Morgan fingerprint density at radius 2 is 1.84 bits per heavy atom. The van der Waals surface area contributed by atoms with E-state index in [0.29, 0.717) is 5.92 Å². The number of aryl methyl sites for hydroxylation is 1. The second kappa shape index (κ2) is 7.03. The summed E-state index contributed by atoms with van der Waals surface area (Å²) < 4.78 is 0. The van der Waals surface area contributed by atoms with Gasteiger partial charge in [0.25, 0.3) is 0 Å². The van der Waals surface area contributed by atoms with Crippen LogP contribution in [0.15, 0.2) is 54.7 Å². The molecule has 25 heavy (non-hydrogen) atoms. The molecule has 1 unspecified atom stereocenters. The van der Waals surface area contributed by atoms with Crippen LogP contribution in [0.25, 0.3) is 10.9 Å². The van der Waals surface area contributed by atoms with Gasteiger partial charge in [-0.25, -0.2) is 0 Å². The monoisotopic (exact) mass is 334 g/mol. The Labute approximate surface area is 149 Å². The van der Waals surface area contributed by atoms with Crippen molar-refractivity contribution in [3.63, 3.8) is 0 Å². The summed E-state index contributed by atoms with van der Waals surface area (Å²) in [7, 11) is 0. The van der Waals surface area contributed by atoms with Gasteiger partial charge in [0.2, 0.25) is 0 Å². The van der Waals surface area contributed by atoms with E-state index in [0.717, 1.165) is 38.0 Å². The molecule has 4 rings (SSSR count). The van der Waals surface area contributed by atoms with Crippen LogP contribution in [0.4, 0.5) is 0 Å². The van der Waals surface area contributed by atoms with E-state index in [2.05, 4.69) is 53.2 Å². The number of nitrogens with zero attached hydrogens (tertiary/aromatic N) is 1. The van der Waals surface area contributed by atoms with Gasteiger partial charge >= 0.3 is 0 Å². The number of nitrogens with one attached hydrogen (secondary N) is 1. The van der Waals surface area contributed by atoms with E-state index in [1.165, 1.54) is 22.0 Å². The Kier molecular flexibility index (Phi) is 4.60. The largest absolute Gasteiger partial charge is 0.387 e. The number of aliphatic hydroxyl groups is 1. The number of rotatable bonds is 4. The standard InChI is InChI=1S/C22H26N2O/c1-16-5-7-18(8-6-16)22(25)15-24-13-10-17(11-14-24)19-3-2-4-21-20(19)9-12-23-21/h2-9,12,17,22-23,25H,10-11,13-15H2,1H3. The van der Waals surface area contributed by atoms with Gasteiger partial charge in [0.1, 0.15) is 0 Å². The van der Waals surface area contributed by atoms with Gasteiger partial charge in [0.15, 0.2) is 0 Å². The number of piperidine rings is 1. The number of aromatic amines is 1. The van der Waals surface area contributed by atoms with Crippen LogP contribution >= 0.6 is 0 Å². The molecule has 0 radical (unpaired) electrons. The highest BCUT2D eigenvalue weighted by molar-refractivity contribution is 5.83. The third-order valence-corrected chi connectivity index (χ3v) is 5.55. The molecule has 3 nitrogen and oxygen atoms in total. The van der Waals surface area contributed by atoms with E-state index in [1.807, 2.05) is 18.3 Å². The van der Waals surface area contributed by atoms with Crippen LogP contribution < -0.4 is 0 Å². The molecule has 0 bridgehead atoms. The van der Waals surface area contributed by atoms with E-state index in [9.17, 15) is 5.11 Å². The first kappa shape index (κ1) is 16.4. The molecule has 1 aromatic heterocycles. The molecule has 2 heterocycles. The smallest absolute Gasteiger partial charge is 0.0916 e. The summed E-state index contributed by atoms with van der Waals surface area (Å²) in [5, 5.41) is 11.9. The van der Waals surface area contributed by atoms with Crippen LogP contribution in [-0.4, -0.2) is 34.6 Å². The topological polar surface area (TPSA) is 39.3 Å². The summed E-state index contributed by atoms with van der Waals surface area (Å²) in [6.45, 7) is 4.90. The van der Waals surface area contributed by atoms with Crippen LogP contribution in [0.2, 0.25) is 0 Å². The molecule has 1 saturated heterocycles. The maximum atomic E-state index is 10.5. The maximum absolute atomic E-state index is 10.5. The summed E-state index contributed by atoms with van der Waals surface area (Å²) in [4.78, 5) is 5.71. The molecule has 1 aliphatic rings. The molecule has 2 aromatic carbocycles. The molecular formula is C22H26N2O. The fourth-order valence-electron chi connectivity index (χ4n) is 4.03. The number of hydrogen-bond donors (Lipinski definition) is 2. The van der Waals surface area contributed by atoms with Crippen LogP contribution in [0.5, 0.6) is 0 Å². The fourth-order valence-corrected chi connectivity index (χ4v) is 4.03. The number of hydrogen-bond acceptors (Lipinski definition) is 2. The zero-order chi connectivity index (χ0) is 17.2. The van der Waals surface area contributed by atoms with Crippen molar-refractivity contribution in [3.05, 3.63) is 71.4 Å². The van der Waals surface area contributed by atoms with E-state index in [-0.39, 0.29) is 0 Å². The van der Waals surface area contributed by atoms with Gasteiger partial charge in [-0.3, -0.25) is 0 Å². The molecule has 2 N–H and O–H groups in total. The van der Waals surface area contributed by atoms with Crippen molar-refractivity contribution < 1.29 is 5.11 Å². The Morgan fingerprint density at radius 1 is 1.08 bits per heavy atom. The molecule has 3 aromatic rings. The highest BCUT2D eigenvalue weighted by Crippen LogP contribution is 2.33. The second-order valence-corrected chi connectivity index (χ2v) is 7.29. The van der Waals surface area contributed by atoms with Crippen LogP contribution in [-0.2, 0) is 0 Å². The Bertz CT molecular complexity index is 829.